The molecule has 1 fully saturated rings. The molecule has 0 atom stereocenters. The molecule has 0 spiro atoms. The third-order valence-electron chi connectivity index (χ3n) is 3.63. The molecule has 0 radical (unpaired) electrons. The van der Waals surface area contributed by atoms with Gasteiger partial charge < -0.3 is 19.3 Å². The quantitative estimate of drug-likeness (QED) is 0.805. The highest BCUT2D eigenvalue weighted by molar-refractivity contribution is 6.28. The van der Waals surface area contributed by atoms with Crippen LogP contribution in [0, 0.1) is 0 Å². The average molecular weight is 316 g/mol. The first-order valence-corrected chi connectivity index (χ1v) is 7.31. The minimum Gasteiger partial charge on any atom is -0.461 e. The van der Waals surface area contributed by atoms with Crippen LogP contribution < -0.4 is 9.64 Å². The molecule has 0 unspecified atom stereocenters. The minimum absolute atomic E-state index is 0.127. The van der Waals surface area contributed by atoms with Crippen LogP contribution >= 0.6 is 11.6 Å². The van der Waals surface area contributed by atoms with Crippen molar-refractivity contribution in [2.45, 2.75) is 19.4 Å². The second-order valence-corrected chi connectivity index (χ2v) is 6.12. The second-order valence-electron chi connectivity index (χ2n) is 5.78. The average Bonchev–Trinajstić information content (AvgIpc) is 2.45. The van der Waals surface area contributed by atoms with E-state index in [0.29, 0.717) is 25.8 Å². The highest BCUT2D eigenvalue weighted by atomic mass is 35.5. The maximum atomic E-state index is 5.97. The summed E-state index contributed by atoms with van der Waals surface area (Å²) in [4.78, 5) is 16.6. The number of nitrogens with zero attached hydrogens (tertiary/aromatic N) is 5. The van der Waals surface area contributed by atoms with Gasteiger partial charge in [0.25, 0.3) is 0 Å². The molecule has 2 heterocycles. The van der Waals surface area contributed by atoms with Crippen LogP contribution in [0.5, 0.6) is 6.01 Å². The highest BCUT2D eigenvalue weighted by Crippen LogP contribution is 2.18. The summed E-state index contributed by atoms with van der Waals surface area (Å²) in [6.45, 7) is 7.42. The number of rotatable bonds is 5. The predicted molar refractivity (Wildman–Crippen MR) is 81.1 cm³/mol. The van der Waals surface area contributed by atoms with Crippen molar-refractivity contribution in [3.63, 3.8) is 0 Å². The summed E-state index contributed by atoms with van der Waals surface area (Å²) in [6, 6.07) is 0.256. The monoisotopic (exact) mass is 315 g/mol. The Morgan fingerprint density at radius 2 is 1.90 bits per heavy atom. The van der Waals surface area contributed by atoms with Crippen molar-refractivity contribution in [1.82, 2.24) is 19.9 Å². The lowest BCUT2D eigenvalue weighted by molar-refractivity contribution is 0.107. The van der Waals surface area contributed by atoms with Gasteiger partial charge in [-0.05, 0) is 39.5 Å². The maximum absolute atomic E-state index is 5.97. The van der Waals surface area contributed by atoms with Crippen molar-refractivity contribution >= 4 is 17.5 Å². The van der Waals surface area contributed by atoms with Crippen molar-refractivity contribution in [2.75, 3.05) is 51.9 Å². The molecule has 2 rings (SSSR count). The van der Waals surface area contributed by atoms with Gasteiger partial charge in [-0.3, -0.25) is 0 Å². The molecule has 1 aliphatic heterocycles. The summed E-state index contributed by atoms with van der Waals surface area (Å²) in [6.07, 6.45) is 0. The molecule has 118 valence electrons. The molecule has 0 saturated carbocycles. The smallest absolute Gasteiger partial charge is 0.322 e. The van der Waals surface area contributed by atoms with Crippen molar-refractivity contribution in [3.05, 3.63) is 5.28 Å². The van der Waals surface area contributed by atoms with Crippen LogP contribution in [0.1, 0.15) is 13.8 Å². The van der Waals surface area contributed by atoms with Crippen LogP contribution in [0.4, 0.5) is 5.95 Å². The van der Waals surface area contributed by atoms with E-state index in [9.17, 15) is 0 Å². The van der Waals surface area contributed by atoms with E-state index >= 15 is 0 Å². The van der Waals surface area contributed by atoms with E-state index in [-0.39, 0.29) is 16.8 Å². The maximum Gasteiger partial charge on any atom is 0.322 e. The molecule has 0 bridgehead atoms. The second kappa shape index (κ2) is 6.72. The van der Waals surface area contributed by atoms with Crippen LogP contribution in [0.3, 0.4) is 0 Å². The third-order valence-corrected chi connectivity index (χ3v) is 3.80. The molecule has 0 amide bonds. The molecule has 21 heavy (non-hydrogen) atoms. The van der Waals surface area contributed by atoms with Crippen molar-refractivity contribution in [1.29, 1.82) is 0 Å². The van der Waals surface area contributed by atoms with Gasteiger partial charge in [-0.25, -0.2) is 0 Å². The minimum atomic E-state index is -0.127. The standard InChI is InChI=1S/C13H22ClN5O2/c1-13(2,18(3)4)9-21-12-16-10(14)15-11(17-12)19-5-7-20-8-6-19/h5-9H2,1-4H3. The summed E-state index contributed by atoms with van der Waals surface area (Å²) >= 11 is 5.97. The summed E-state index contributed by atoms with van der Waals surface area (Å²) in [5, 5.41) is 0.143. The Balaban J connectivity index is 2.08. The van der Waals surface area contributed by atoms with Gasteiger partial charge in [-0.15, -0.1) is 0 Å². The van der Waals surface area contributed by atoms with E-state index in [0.717, 1.165) is 13.1 Å². The van der Waals surface area contributed by atoms with Gasteiger partial charge in [0.05, 0.1) is 13.2 Å². The molecular formula is C13H22ClN5O2. The van der Waals surface area contributed by atoms with Crippen LogP contribution in [0.15, 0.2) is 0 Å². The van der Waals surface area contributed by atoms with E-state index in [4.69, 9.17) is 21.1 Å². The lowest BCUT2D eigenvalue weighted by Gasteiger charge is -2.31. The Kier molecular flexibility index (Phi) is 5.18. The Hall–Kier alpha value is -1.18. The summed E-state index contributed by atoms with van der Waals surface area (Å²) in [5.74, 6) is 0.538. The van der Waals surface area contributed by atoms with Gasteiger partial charge in [-0.2, -0.15) is 15.0 Å². The Morgan fingerprint density at radius 1 is 1.24 bits per heavy atom. The topological polar surface area (TPSA) is 63.6 Å². The number of hydrogen-bond acceptors (Lipinski definition) is 7. The molecule has 0 aliphatic carbocycles. The first-order chi connectivity index (χ1) is 9.88. The summed E-state index contributed by atoms with van der Waals surface area (Å²) < 4.78 is 11.0. The number of likely N-dealkylation sites (N-methyl/N-ethyl adjacent to an activating group) is 1. The molecule has 7 nitrogen and oxygen atoms in total. The molecule has 1 aliphatic rings. The van der Waals surface area contributed by atoms with Crippen molar-refractivity contribution in [3.8, 4) is 6.01 Å². The molecule has 8 heteroatoms. The highest BCUT2D eigenvalue weighted by Gasteiger charge is 2.23. The summed E-state index contributed by atoms with van der Waals surface area (Å²) in [5.41, 5.74) is -0.127. The van der Waals surface area contributed by atoms with Crippen LogP contribution in [-0.4, -0.2) is 72.4 Å². The number of anilines is 1. The van der Waals surface area contributed by atoms with E-state index < -0.39 is 0 Å². The van der Waals surface area contributed by atoms with Gasteiger partial charge >= 0.3 is 6.01 Å². The van der Waals surface area contributed by atoms with Crippen molar-refractivity contribution < 1.29 is 9.47 Å². The van der Waals surface area contributed by atoms with Crippen molar-refractivity contribution in [2.24, 2.45) is 0 Å². The van der Waals surface area contributed by atoms with Gasteiger partial charge in [0.15, 0.2) is 0 Å². The molecule has 1 saturated heterocycles. The van der Waals surface area contributed by atoms with E-state index in [1.165, 1.54) is 0 Å². The predicted octanol–water partition coefficient (Wildman–Crippen LogP) is 1.08. The van der Waals surface area contributed by atoms with Gasteiger partial charge in [0, 0.05) is 18.6 Å². The Labute approximate surface area is 130 Å². The number of aromatic nitrogens is 3. The van der Waals surface area contributed by atoms with Gasteiger partial charge in [0.1, 0.15) is 6.61 Å². The fourth-order valence-electron chi connectivity index (χ4n) is 1.66. The first-order valence-electron chi connectivity index (χ1n) is 6.93. The fourth-order valence-corrected chi connectivity index (χ4v) is 1.81. The SMILES string of the molecule is CN(C)C(C)(C)COc1nc(Cl)nc(N2CCOCC2)n1. The van der Waals surface area contributed by atoms with Crippen LogP contribution in [-0.2, 0) is 4.74 Å². The van der Waals surface area contributed by atoms with E-state index in [1.54, 1.807) is 0 Å². The zero-order valence-corrected chi connectivity index (χ0v) is 13.7. The number of hydrogen-bond donors (Lipinski definition) is 0. The lowest BCUT2D eigenvalue weighted by Crippen LogP contribution is -2.43. The van der Waals surface area contributed by atoms with Gasteiger partial charge in [0.2, 0.25) is 11.2 Å². The van der Waals surface area contributed by atoms with Crippen LogP contribution in [0.25, 0.3) is 0 Å². The zero-order chi connectivity index (χ0) is 15.5. The Morgan fingerprint density at radius 3 is 2.52 bits per heavy atom. The first kappa shape index (κ1) is 16.2. The molecule has 0 N–H and O–H groups in total. The van der Waals surface area contributed by atoms with E-state index in [1.807, 2.05) is 19.0 Å². The fraction of sp³-hybridized carbons (Fsp3) is 0.769. The summed E-state index contributed by atoms with van der Waals surface area (Å²) in [7, 11) is 4.01. The number of ether oxygens (including phenoxy) is 2. The molecular weight excluding hydrogens is 294 g/mol. The Bertz CT molecular complexity index is 478. The van der Waals surface area contributed by atoms with E-state index in [2.05, 4.69) is 33.7 Å². The van der Waals surface area contributed by atoms with Crippen LogP contribution in [0.2, 0.25) is 5.28 Å². The number of morpholine rings is 1. The number of halogens is 1. The molecule has 1 aromatic rings. The molecule has 0 aromatic carbocycles. The largest absolute Gasteiger partial charge is 0.461 e. The normalized spacial score (nSPS) is 16.4. The third kappa shape index (κ3) is 4.39. The molecule has 1 aromatic heterocycles. The van der Waals surface area contributed by atoms with Gasteiger partial charge in [-0.1, -0.05) is 0 Å². The lowest BCUT2D eigenvalue weighted by atomic mass is 10.1. The zero-order valence-electron chi connectivity index (χ0n) is 13.0.